The molecule has 0 unspecified atom stereocenters. The normalized spacial score (nSPS) is 14.4. The Morgan fingerprint density at radius 1 is 0.852 bits per heavy atom. The number of amides is 1. The summed E-state index contributed by atoms with van der Waals surface area (Å²) in [5, 5.41) is 6.27. The van der Waals surface area contributed by atoms with Crippen molar-refractivity contribution in [2.75, 3.05) is 25.1 Å². The lowest BCUT2D eigenvalue weighted by Crippen LogP contribution is -2.39. The van der Waals surface area contributed by atoms with E-state index in [-0.39, 0.29) is 5.91 Å². The van der Waals surface area contributed by atoms with Crippen LogP contribution in [0.3, 0.4) is 0 Å². The first-order valence-electron chi connectivity index (χ1n) is 9.73. The lowest BCUT2D eigenvalue weighted by Gasteiger charge is -2.22. The Kier molecular flexibility index (Phi) is 7.39. The Morgan fingerprint density at radius 3 is 2.15 bits per heavy atom. The molecule has 5 nitrogen and oxygen atoms in total. The van der Waals surface area contributed by atoms with Gasteiger partial charge in [0.2, 0.25) is 5.91 Å². The lowest BCUT2D eigenvalue weighted by molar-refractivity contribution is -0.120. The minimum absolute atomic E-state index is 0.0558. The number of benzene rings is 2. The van der Waals surface area contributed by atoms with E-state index in [4.69, 9.17) is 9.47 Å². The highest BCUT2D eigenvalue weighted by Crippen LogP contribution is 2.18. The minimum atomic E-state index is 0.0558. The average molecular weight is 368 g/mol. The van der Waals surface area contributed by atoms with Crippen molar-refractivity contribution < 1.29 is 14.3 Å². The molecule has 0 heterocycles. The number of carbonyl (C=O) groups excluding carboxylic acids is 1. The highest BCUT2D eigenvalue weighted by molar-refractivity contribution is 5.81. The van der Waals surface area contributed by atoms with Gasteiger partial charge in [0.1, 0.15) is 24.7 Å². The van der Waals surface area contributed by atoms with Crippen molar-refractivity contribution in [1.29, 1.82) is 0 Å². The largest absolute Gasteiger partial charge is 0.490 e. The standard InChI is InChI=1S/C22H28N2O3/c25-22(24-19-7-3-1-4-8-19)17-23-18-11-13-21(14-12-18)27-16-15-26-20-9-5-2-6-10-20/h2,5-6,9-14,19,23H,1,3-4,7-8,15-17H2,(H,24,25). The topological polar surface area (TPSA) is 59.6 Å². The van der Waals surface area contributed by atoms with Gasteiger partial charge in [0.05, 0.1) is 6.54 Å². The van der Waals surface area contributed by atoms with Gasteiger partial charge in [-0.1, -0.05) is 37.5 Å². The summed E-state index contributed by atoms with van der Waals surface area (Å²) >= 11 is 0. The van der Waals surface area contributed by atoms with Crippen LogP contribution in [0.5, 0.6) is 11.5 Å². The molecule has 2 N–H and O–H groups in total. The first kappa shape index (κ1) is 19.1. The second-order valence-electron chi connectivity index (χ2n) is 6.79. The van der Waals surface area contributed by atoms with Gasteiger partial charge in [-0.2, -0.15) is 0 Å². The zero-order chi connectivity index (χ0) is 18.7. The van der Waals surface area contributed by atoms with Gasteiger partial charge < -0.3 is 20.1 Å². The Balaban J connectivity index is 1.32. The van der Waals surface area contributed by atoms with E-state index in [2.05, 4.69) is 10.6 Å². The molecule has 1 saturated carbocycles. The molecule has 0 bridgehead atoms. The van der Waals surface area contributed by atoms with E-state index < -0.39 is 0 Å². The summed E-state index contributed by atoms with van der Waals surface area (Å²) in [4.78, 5) is 12.0. The Morgan fingerprint density at radius 2 is 1.48 bits per heavy atom. The van der Waals surface area contributed by atoms with E-state index in [0.29, 0.717) is 25.8 Å². The maximum atomic E-state index is 12.0. The van der Waals surface area contributed by atoms with Crippen molar-refractivity contribution in [2.45, 2.75) is 38.1 Å². The van der Waals surface area contributed by atoms with Crippen LogP contribution in [0.2, 0.25) is 0 Å². The number of carbonyl (C=O) groups is 1. The molecule has 0 radical (unpaired) electrons. The molecule has 2 aromatic rings. The first-order chi connectivity index (χ1) is 13.3. The minimum Gasteiger partial charge on any atom is -0.490 e. The highest BCUT2D eigenvalue weighted by atomic mass is 16.5. The second-order valence-corrected chi connectivity index (χ2v) is 6.79. The van der Waals surface area contributed by atoms with Crippen LogP contribution in [0.4, 0.5) is 5.69 Å². The van der Waals surface area contributed by atoms with Crippen LogP contribution in [0.1, 0.15) is 32.1 Å². The van der Waals surface area contributed by atoms with Crippen molar-refractivity contribution in [3.05, 3.63) is 54.6 Å². The number of nitrogens with one attached hydrogen (secondary N) is 2. The number of rotatable bonds is 9. The lowest BCUT2D eigenvalue weighted by atomic mass is 9.95. The van der Waals surface area contributed by atoms with Crippen molar-refractivity contribution in [1.82, 2.24) is 5.32 Å². The second kappa shape index (κ2) is 10.5. The maximum Gasteiger partial charge on any atom is 0.239 e. The molecule has 3 rings (SSSR count). The summed E-state index contributed by atoms with van der Waals surface area (Å²) in [5.74, 6) is 1.68. The number of hydrogen-bond acceptors (Lipinski definition) is 4. The summed E-state index contributed by atoms with van der Waals surface area (Å²) in [6.07, 6.45) is 5.93. The molecule has 1 amide bonds. The summed E-state index contributed by atoms with van der Waals surface area (Å²) in [5.41, 5.74) is 0.904. The van der Waals surface area contributed by atoms with Gasteiger partial charge in [-0.25, -0.2) is 0 Å². The zero-order valence-corrected chi connectivity index (χ0v) is 15.7. The molecule has 27 heavy (non-hydrogen) atoms. The summed E-state index contributed by atoms with van der Waals surface area (Å²) in [6.45, 7) is 1.26. The van der Waals surface area contributed by atoms with Gasteiger partial charge in [-0.3, -0.25) is 4.79 Å². The summed E-state index contributed by atoms with van der Waals surface area (Å²) in [6, 6.07) is 17.7. The first-order valence-corrected chi connectivity index (χ1v) is 9.73. The smallest absolute Gasteiger partial charge is 0.239 e. The Hall–Kier alpha value is -2.69. The number of ether oxygens (including phenoxy) is 2. The van der Waals surface area contributed by atoms with Gasteiger partial charge in [-0.15, -0.1) is 0 Å². The predicted molar refractivity (Wildman–Crippen MR) is 107 cm³/mol. The molecule has 2 aromatic carbocycles. The predicted octanol–water partition coefficient (Wildman–Crippen LogP) is 4.01. The fourth-order valence-electron chi connectivity index (χ4n) is 3.21. The van der Waals surface area contributed by atoms with E-state index in [1.807, 2.05) is 54.6 Å². The van der Waals surface area contributed by atoms with Crippen molar-refractivity contribution in [3.8, 4) is 11.5 Å². The van der Waals surface area contributed by atoms with E-state index in [1.165, 1.54) is 19.3 Å². The van der Waals surface area contributed by atoms with Crippen LogP contribution < -0.4 is 20.1 Å². The van der Waals surface area contributed by atoms with Crippen LogP contribution in [0.15, 0.2) is 54.6 Å². The molecule has 0 aliphatic heterocycles. The molecule has 0 saturated heterocycles. The quantitative estimate of drug-likeness (QED) is 0.657. The monoisotopic (exact) mass is 368 g/mol. The van der Waals surface area contributed by atoms with Gasteiger partial charge >= 0.3 is 0 Å². The molecular formula is C22H28N2O3. The molecular weight excluding hydrogens is 340 g/mol. The fraction of sp³-hybridized carbons (Fsp3) is 0.409. The van der Waals surface area contributed by atoms with Crippen LogP contribution >= 0.6 is 0 Å². The molecule has 1 aliphatic carbocycles. The van der Waals surface area contributed by atoms with E-state index in [9.17, 15) is 4.79 Å². The zero-order valence-electron chi connectivity index (χ0n) is 15.7. The van der Waals surface area contributed by atoms with Gasteiger partial charge in [-0.05, 0) is 49.2 Å². The van der Waals surface area contributed by atoms with Crippen LogP contribution in [-0.2, 0) is 4.79 Å². The summed E-state index contributed by atoms with van der Waals surface area (Å²) in [7, 11) is 0. The van der Waals surface area contributed by atoms with Crippen LogP contribution in [-0.4, -0.2) is 31.7 Å². The highest BCUT2D eigenvalue weighted by Gasteiger charge is 2.15. The third-order valence-corrected chi connectivity index (χ3v) is 4.64. The third kappa shape index (κ3) is 6.85. The summed E-state index contributed by atoms with van der Waals surface area (Å²) < 4.78 is 11.3. The third-order valence-electron chi connectivity index (χ3n) is 4.64. The Labute approximate surface area is 161 Å². The number of anilines is 1. The Bertz CT molecular complexity index is 682. The molecule has 5 heteroatoms. The maximum absolute atomic E-state index is 12.0. The number of para-hydroxylation sites is 1. The molecule has 0 atom stereocenters. The van der Waals surface area contributed by atoms with Crippen LogP contribution in [0, 0.1) is 0 Å². The fourth-order valence-corrected chi connectivity index (χ4v) is 3.21. The van der Waals surface area contributed by atoms with E-state index >= 15 is 0 Å². The van der Waals surface area contributed by atoms with Crippen molar-refractivity contribution >= 4 is 11.6 Å². The average Bonchev–Trinajstić information content (AvgIpc) is 2.72. The van der Waals surface area contributed by atoms with E-state index in [1.54, 1.807) is 0 Å². The van der Waals surface area contributed by atoms with Crippen molar-refractivity contribution in [2.24, 2.45) is 0 Å². The molecule has 0 spiro atoms. The molecule has 1 aliphatic rings. The molecule has 144 valence electrons. The van der Waals surface area contributed by atoms with Gasteiger partial charge in [0, 0.05) is 11.7 Å². The molecule has 1 fully saturated rings. The SMILES string of the molecule is O=C(CNc1ccc(OCCOc2ccccc2)cc1)NC1CCCCC1. The van der Waals surface area contributed by atoms with Crippen molar-refractivity contribution in [3.63, 3.8) is 0 Å². The van der Waals surface area contributed by atoms with Gasteiger partial charge in [0.25, 0.3) is 0 Å². The molecule has 0 aromatic heterocycles. The van der Waals surface area contributed by atoms with Crippen LogP contribution in [0.25, 0.3) is 0 Å². The van der Waals surface area contributed by atoms with Gasteiger partial charge in [0.15, 0.2) is 0 Å². The van der Waals surface area contributed by atoms with E-state index in [0.717, 1.165) is 30.0 Å². The number of hydrogen-bond donors (Lipinski definition) is 2.